The van der Waals surface area contributed by atoms with Gasteiger partial charge in [-0.25, -0.2) is 0 Å². The van der Waals surface area contributed by atoms with E-state index in [9.17, 15) is 4.79 Å². The van der Waals surface area contributed by atoms with Crippen molar-refractivity contribution in [3.8, 4) is 0 Å². The van der Waals surface area contributed by atoms with Gasteiger partial charge >= 0.3 is 5.97 Å². The molecular formula is C12H19IO2. The van der Waals surface area contributed by atoms with Crippen LogP contribution in [0.3, 0.4) is 0 Å². The Kier molecular flexibility index (Phi) is 2.42. The van der Waals surface area contributed by atoms with Gasteiger partial charge in [-0.2, -0.15) is 0 Å². The maximum absolute atomic E-state index is 11.9. The number of esters is 1. The van der Waals surface area contributed by atoms with Crippen LogP contribution < -0.4 is 0 Å². The van der Waals surface area contributed by atoms with Gasteiger partial charge in [0.05, 0.1) is 5.92 Å². The largest absolute Gasteiger partial charge is 0.460 e. The molecule has 0 radical (unpaired) electrons. The van der Waals surface area contributed by atoms with Crippen LogP contribution in [-0.2, 0) is 9.53 Å². The summed E-state index contributed by atoms with van der Waals surface area (Å²) in [5.41, 5.74) is -0.0551. The standard InChI is InChI=1S/C12H19IO2/c1-8(9(14)15-10(2,3)4)11-5-12(13,6-11)7-11/h8H,5-7H2,1-4H3. The van der Waals surface area contributed by atoms with Gasteiger partial charge in [0.2, 0.25) is 0 Å². The van der Waals surface area contributed by atoms with Crippen molar-refractivity contribution in [3.05, 3.63) is 0 Å². The minimum absolute atomic E-state index is 0.0133. The monoisotopic (exact) mass is 322 g/mol. The van der Waals surface area contributed by atoms with E-state index in [1.807, 2.05) is 27.7 Å². The highest BCUT2D eigenvalue weighted by molar-refractivity contribution is 14.1. The number of carbonyl (C=O) groups excluding carboxylic acids is 1. The molecule has 0 saturated heterocycles. The summed E-state index contributed by atoms with van der Waals surface area (Å²) in [6.45, 7) is 7.82. The zero-order chi connectivity index (χ0) is 11.5. The third kappa shape index (κ3) is 1.92. The van der Waals surface area contributed by atoms with Crippen molar-refractivity contribution in [2.24, 2.45) is 11.3 Å². The summed E-state index contributed by atoms with van der Waals surface area (Å²) in [4.78, 5) is 11.9. The van der Waals surface area contributed by atoms with Gasteiger partial charge in [0.1, 0.15) is 5.60 Å². The van der Waals surface area contributed by atoms with Crippen LogP contribution in [0.25, 0.3) is 0 Å². The fraction of sp³-hybridized carbons (Fsp3) is 0.917. The molecule has 0 aliphatic heterocycles. The van der Waals surface area contributed by atoms with Crippen LogP contribution in [0.15, 0.2) is 0 Å². The van der Waals surface area contributed by atoms with E-state index in [0.29, 0.717) is 8.84 Å². The Morgan fingerprint density at radius 2 is 1.80 bits per heavy atom. The van der Waals surface area contributed by atoms with E-state index in [1.165, 1.54) is 19.3 Å². The lowest BCUT2D eigenvalue weighted by Gasteiger charge is -2.70. The second kappa shape index (κ2) is 3.11. The van der Waals surface area contributed by atoms with E-state index >= 15 is 0 Å². The lowest BCUT2D eigenvalue weighted by atomic mass is 9.40. The molecule has 3 rings (SSSR count). The molecule has 2 bridgehead atoms. The van der Waals surface area contributed by atoms with Crippen molar-refractivity contribution >= 4 is 28.6 Å². The summed E-state index contributed by atoms with van der Waals surface area (Å²) in [5, 5.41) is 0. The lowest BCUT2D eigenvalue weighted by molar-refractivity contribution is -0.181. The van der Waals surface area contributed by atoms with Crippen molar-refractivity contribution < 1.29 is 9.53 Å². The first-order valence-corrected chi connectivity index (χ1v) is 6.66. The molecule has 0 spiro atoms. The number of carbonyl (C=O) groups is 1. The van der Waals surface area contributed by atoms with Crippen molar-refractivity contribution in [1.82, 2.24) is 0 Å². The SMILES string of the molecule is CC(C(=O)OC(C)(C)C)C12CC(I)(C1)C2. The summed E-state index contributed by atoms with van der Waals surface area (Å²) in [6, 6.07) is 0. The van der Waals surface area contributed by atoms with E-state index in [4.69, 9.17) is 4.74 Å². The molecule has 0 aromatic rings. The Balaban J connectivity index is 1.92. The predicted molar refractivity (Wildman–Crippen MR) is 68.0 cm³/mol. The average molecular weight is 322 g/mol. The highest BCUT2D eigenvalue weighted by Crippen LogP contribution is 2.74. The molecule has 3 fully saturated rings. The van der Waals surface area contributed by atoms with Crippen LogP contribution in [0.4, 0.5) is 0 Å². The third-order valence-electron chi connectivity index (χ3n) is 3.69. The maximum Gasteiger partial charge on any atom is 0.309 e. The van der Waals surface area contributed by atoms with Crippen molar-refractivity contribution in [2.75, 3.05) is 0 Å². The fourth-order valence-corrected chi connectivity index (χ4v) is 5.12. The Labute approximate surface area is 105 Å². The summed E-state index contributed by atoms with van der Waals surface area (Å²) in [7, 11) is 0. The molecule has 86 valence electrons. The molecule has 0 N–H and O–H groups in total. The summed E-state index contributed by atoms with van der Waals surface area (Å²) >= 11 is 2.54. The number of alkyl halides is 1. The van der Waals surface area contributed by atoms with Gasteiger partial charge in [-0.05, 0) is 45.4 Å². The van der Waals surface area contributed by atoms with Crippen molar-refractivity contribution in [2.45, 2.75) is 56.0 Å². The van der Waals surface area contributed by atoms with Gasteiger partial charge in [-0.1, -0.05) is 29.5 Å². The molecule has 15 heavy (non-hydrogen) atoms. The summed E-state index contributed by atoms with van der Waals surface area (Å²) < 4.78 is 5.97. The van der Waals surface area contributed by atoms with E-state index in [1.54, 1.807) is 0 Å². The molecule has 2 nitrogen and oxygen atoms in total. The second-order valence-electron chi connectivity index (χ2n) is 6.30. The van der Waals surface area contributed by atoms with Crippen molar-refractivity contribution in [1.29, 1.82) is 0 Å². The number of ether oxygens (including phenoxy) is 1. The summed E-state index contributed by atoms with van der Waals surface area (Å²) in [5.74, 6) is 0.0639. The van der Waals surface area contributed by atoms with Crippen molar-refractivity contribution in [3.63, 3.8) is 0 Å². The zero-order valence-electron chi connectivity index (χ0n) is 9.89. The smallest absolute Gasteiger partial charge is 0.309 e. The molecule has 1 atom stereocenters. The molecule has 3 aliphatic rings. The Morgan fingerprint density at radius 3 is 2.13 bits per heavy atom. The Bertz CT molecular complexity index is 283. The predicted octanol–water partition coefficient (Wildman–Crippen LogP) is 3.32. The number of hydrogen-bond acceptors (Lipinski definition) is 2. The van der Waals surface area contributed by atoms with Crippen LogP contribution in [0.1, 0.15) is 47.0 Å². The lowest BCUT2D eigenvalue weighted by Crippen LogP contribution is -2.67. The van der Waals surface area contributed by atoms with E-state index in [2.05, 4.69) is 22.6 Å². The first-order valence-electron chi connectivity index (χ1n) is 5.58. The van der Waals surface area contributed by atoms with Crippen LogP contribution in [0.5, 0.6) is 0 Å². The van der Waals surface area contributed by atoms with E-state index in [-0.39, 0.29) is 17.5 Å². The van der Waals surface area contributed by atoms with Crippen LogP contribution in [-0.4, -0.2) is 15.0 Å². The number of halogens is 1. The molecule has 3 saturated carbocycles. The normalized spacial score (nSPS) is 40.1. The quantitative estimate of drug-likeness (QED) is 0.443. The molecule has 0 heterocycles. The molecule has 1 unspecified atom stereocenters. The minimum Gasteiger partial charge on any atom is -0.460 e. The van der Waals surface area contributed by atoms with Crippen LogP contribution >= 0.6 is 22.6 Å². The van der Waals surface area contributed by atoms with E-state index < -0.39 is 0 Å². The highest BCUT2D eigenvalue weighted by atomic mass is 127. The van der Waals surface area contributed by atoms with Gasteiger partial charge in [-0.3, -0.25) is 4.79 Å². The minimum atomic E-state index is -0.350. The maximum atomic E-state index is 11.9. The molecular weight excluding hydrogens is 303 g/mol. The average Bonchev–Trinajstić information content (AvgIpc) is 1.92. The van der Waals surface area contributed by atoms with Crippen LogP contribution in [0, 0.1) is 11.3 Å². The summed E-state index contributed by atoms with van der Waals surface area (Å²) in [6.07, 6.45) is 3.63. The molecule has 0 aromatic heterocycles. The van der Waals surface area contributed by atoms with Gasteiger partial charge in [-0.15, -0.1) is 0 Å². The van der Waals surface area contributed by atoms with Gasteiger partial charge in [0.15, 0.2) is 0 Å². The molecule has 0 aromatic carbocycles. The van der Waals surface area contributed by atoms with Crippen LogP contribution in [0.2, 0.25) is 0 Å². The van der Waals surface area contributed by atoms with Gasteiger partial charge in [0, 0.05) is 3.42 Å². The topological polar surface area (TPSA) is 26.3 Å². The van der Waals surface area contributed by atoms with Gasteiger partial charge in [0.25, 0.3) is 0 Å². The number of rotatable bonds is 2. The van der Waals surface area contributed by atoms with Gasteiger partial charge < -0.3 is 4.74 Å². The first-order chi connectivity index (χ1) is 6.66. The first kappa shape index (κ1) is 11.7. The Morgan fingerprint density at radius 1 is 1.33 bits per heavy atom. The third-order valence-corrected chi connectivity index (χ3v) is 4.83. The Hall–Kier alpha value is 0.200. The fourth-order valence-electron chi connectivity index (χ4n) is 2.84. The molecule has 3 heteroatoms. The molecule has 3 aliphatic carbocycles. The second-order valence-corrected chi connectivity index (χ2v) is 8.59. The highest BCUT2D eigenvalue weighted by Gasteiger charge is 2.69. The van der Waals surface area contributed by atoms with E-state index in [0.717, 1.165) is 0 Å². The molecule has 0 amide bonds. The zero-order valence-corrected chi connectivity index (χ0v) is 12.1. The number of hydrogen-bond donors (Lipinski definition) is 0.